The van der Waals surface area contributed by atoms with E-state index in [2.05, 4.69) is 0 Å². The lowest BCUT2D eigenvalue weighted by Gasteiger charge is -2.31. The molecule has 32 heavy (non-hydrogen) atoms. The predicted molar refractivity (Wildman–Crippen MR) is 122 cm³/mol. The van der Waals surface area contributed by atoms with Crippen LogP contribution in [0.1, 0.15) is 15.9 Å². The van der Waals surface area contributed by atoms with E-state index in [0.717, 1.165) is 16.8 Å². The molecule has 8 nitrogen and oxygen atoms in total. The molecule has 0 unspecified atom stereocenters. The Morgan fingerprint density at radius 3 is 2.50 bits per heavy atom. The van der Waals surface area contributed by atoms with Crippen molar-refractivity contribution in [2.75, 3.05) is 37.7 Å². The first-order valence-electron chi connectivity index (χ1n) is 10.3. The summed E-state index contributed by atoms with van der Waals surface area (Å²) in [6.07, 6.45) is 0.595. The van der Waals surface area contributed by atoms with Crippen LogP contribution in [0.3, 0.4) is 0 Å². The number of ether oxygens (including phenoxy) is 1. The molecule has 3 amide bonds. The number of rotatable bonds is 6. The molecule has 166 valence electrons. The van der Waals surface area contributed by atoms with Crippen LogP contribution in [0.2, 0.25) is 0 Å². The van der Waals surface area contributed by atoms with Gasteiger partial charge in [0.1, 0.15) is 0 Å². The Morgan fingerprint density at radius 1 is 1.09 bits per heavy atom. The Balaban J connectivity index is 1.53. The van der Waals surface area contributed by atoms with E-state index in [4.69, 9.17) is 14.9 Å². The number of hydroxylamine groups is 1. The Morgan fingerprint density at radius 2 is 1.81 bits per heavy atom. The number of hydrogen-bond acceptors (Lipinski definition) is 6. The highest BCUT2D eigenvalue weighted by Crippen LogP contribution is 2.28. The molecule has 4 rings (SSSR count). The van der Waals surface area contributed by atoms with Gasteiger partial charge in [-0.05, 0) is 24.1 Å². The minimum Gasteiger partial charge on any atom is -0.378 e. The molecule has 0 saturated carbocycles. The highest BCUT2D eigenvalue weighted by atomic mass is 32.1. The number of aromatic nitrogens is 1. The lowest BCUT2D eigenvalue weighted by molar-refractivity contribution is 0.0549. The Labute approximate surface area is 190 Å². The van der Waals surface area contributed by atoms with Crippen molar-refractivity contribution in [3.63, 3.8) is 0 Å². The van der Waals surface area contributed by atoms with Gasteiger partial charge in [-0.15, -0.1) is 11.3 Å². The molecular weight excluding hydrogens is 428 g/mol. The van der Waals surface area contributed by atoms with Crippen LogP contribution in [0, 0.1) is 0 Å². The number of urea groups is 1. The third-order valence-electron chi connectivity index (χ3n) is 5.25. The van der Waals surface area contributed by atoms with E-state index in [9.17, 15) is 9.59 Å². The monoisotopic (exact) mass is 452 g/mol. The molecule has 3 aromatic rings. The van der Waals surface area contributed by atoms with Crippen molar-refractivity contribution in [3.8, 4) is 11.3 Å². The number of nitrogens with one attached hydrogen (secondary N) is 1. The Hall–Kier alpha value is -3.27. The van der Waals surface area contributed by atoms with Crippen molar-refractivity contribution >= 4 is 28.4 Å². The van der Waals surface area contributed by atoms with Crippen LogP contribution >= 0.6 is 11.3 Å². The van der Waals surface area contributed by atoms with E-state index in [-0.39, 0.29) is 6.03 Å². The zero-order valence-corrected chi connectivity index (χ0v) is 18.3. The van der Waals surface area contributed by atoms with E-state index < -0.39 is 5.91 Å². The van der Waals surface area contributed by atoms with Crippen LogP contribution in [-0.2, 0) is 11.2 Å². The molecule has 1 fully saturated rings. The summed E-state index contributed by atoms with van der Waals surface area (Å²) in [4.78, 5) is 33.1. The molecule has 0 aliphatic carbocycles. The normalized spacial score (nSPS) is 13.6. The zero-order chi connectivity index (χ0) is 22.3. The van der Waals surface area contributed by atoms with Crippen LogP contribution in [-0.4, -0.2) is 59.9 Å². The molecule has 2 heterocycles. The number of benzene rings is 2. The van der Waals surface area contributed by atoms with Crippen LogP contribution < -0.4 is 10.4 Å². The minimum absolute atomic E-state index is 0.0847. The molecule has 1 aliphatic rings. The van der Waals surface area contributed by atoms with Gasteiger partial charge >= 0.3 is 6.03 Å². The molecule has 1 aromatic heterocycles. The summed E-state index contributed by atoms with van der Waals surface area (Å²) in [6, 6.07) is 16.7. The SMILES string of the molecule is O=C(NO)c1ccc(CCN(C(=O)N2CCOCC2)c2nc(-c3ccccc3)cs2)cc1. The van der Waals surface area contributed by atoms with E-state index in [1.54, 1.807) is 27.4 Å². The number of nitrogens with zero attached hydrogens (tertiary/aromatic N) is 3. The fourth-order valence-electron chi connectivity index (χ4n) is 3.46. The summed E-state index contributed by atoms with van der Waals surface area (Å²) >= 11 is 1.44. The summed E-state index contributed by atoms with van der Waals surface area (Å²) < 4.78 is 5.39. The molecule has 2 aromatic carbocycles. The van der Waals surface area contributed by atoms with Gasteiger partial charge in [-0.2, -0.15) is 0 Å². The van der Waals surface area contributed by atoms with E-state index >= 15 is 0 Å². The number of morpholine rings is 1. The van der Waals surface area contributed by atoms with E-state index in [0.29, 0.717) is 50.0 Å². The number of thiazole rings is 1. The van der Waals surface area contributed by atoms with Gasteiger partial charge in [0.25, 0.3) is 5.91 Å². The fraction of sp³-hybridized carbons (Fsp3) is 0.261. The van der Waals surface area contributed by atoms with Gasteiger partial charge in [-0.25, -0.2) is 15.3 Å². The summed E-state index contributed by atoms with van der Waals surface area (Å²) in [7, 11) is 0. The quantitative estimate of drug-likeness (QED) is 0.441. The summed E-state index contributed by atoms with van der Waals surface area (Å²) in [5.41, 5.74) is 4.81. The van der Waals surface area contributed by atoms with Gasteiger partial charge in [0.05, 0.1) is 18.9 Å². The van der Waals surface area contributed by atoms with Gasteiger partial charge in [0, 0.05) is 36.1 Å². The van der Waals surface area contributed by atoms with Crippen molar-refractivity contribution in [1.29, 1.82) is 0 Å². The maximum absolute atomic E-state index is 13.3. The minimum atomic E-state index is -0.558. The maximum atomic E-state index is 13.3. The molecule has 0 bridgehead atoms. The number of carbonyl (C=O) groups is 2. The average Bonchev–Trinajstić information content (AvgIpc) is 3.35. The van der Waals surface area contributed by atoms with Gasteiger partial charge < -0.3 is 9.64 Å². The summed E-state index contributed by atoms with van der Waals surface area (Å²) in [6.45, 7) is 2.61. The topological polar surface area (TPSA) is 95.0 Å². The lowest BCUT2D eigenvalue weighted by Crippen LogP contribution is -2.49. The number of carbonyl (C=O) groups excluding carboxylic acids is 2. The number of anilines is 1. The van der Waals surface area contributed by atoms with Gasteiger partial charge in [-0.1, -0.05) is 42.5 Å². The first-order valence-corrected chi connectivity index (χ1v) is 11.2. The van der Waals surface area contributed by atoms with E-state index in [1.807, 2.05) is 47.8 Å². The summed E-state index contributed by atoms with van der Waals surface area (Å²) in [5, 5.41) is 11.4. The third kappa shape index (κ3) is 5.13. The molecule has 9 heteroatoms. The van der Waals surface area contributed by atoms with Crippen LogP contribution in [0.15, 0.2) is 60.0 Å². The second kappa shape index (κ2) is 10.4. The molecular formula is C23H24N4O4S. The van der Waals surface area contributed by atoms with Crippen molar-refractivity contribution in [1.82, 2.24) is 15.4 Å². The van der Waals surface area contributed by atoms with Gasteiger partial charge in [0.2, 0.25) is 0 Å². The van der Waals surface area contributed by atoms with Crippen LogP contribution in [0.5, 0.6) is 0 Å². The van der Waals surface area contributed by atoms with Crippen molar-refractivity contribution in [2.45, 2.75) is 6.42 Å². The molecule has 0 spiro atoms. The van der Waals surface area contributed by atoms with Crippen molar-refractivity contribution in [3.05, 3.63) is 71.1 Å². The fourth-order valence-corrected chi connectivity index (χ4v) is 4.31. The van der Waals surface area contributed by atoms with Crippen LogP contribution in [0.4, 0.5) is 9.93 Å². The second-order valence-corrected chi connectivity index (χ2v) is 8.14. The smallest absolute Gasteiger partial charge is 0.326 e. The zero-order valence-electron chi connectivity index (χ0n) is 17.4. The average molecular weight is 453 g/mol. The second-order valence-electron chi connectivity index (χ2n) is 7.30. The molecule has 0 atom stereocenters. The Kier molecular flexibility index (Phi) is 7.10. The maximum Gasteiger partial charge on any atom is 0.326 e. The van der Waals surface area contributed by atoms with Gasteiger partial charge in [-0.3, -0.25) is 14.9 Å². The molecule has 1 saturated heterocycles. The largest absolute Gasteiger partial charge is 0.378 e. The number of amides is 3. The molecule has 1 aliphatic heterocycles. The number of hydrogen-bond donors (Lipinski definition) is 2. The highest BCUT2D eigenvalue weighted by Gasteiger charge is 2.26. The molecule has 0 radical (unpaired) electrons. The first-order chi connectivity index (χ1) is 15.7. The van der Waals surface area contributed by atoms with E-state index in [1.165, 1.54) is 11.3 Å². The summed E-state index contributed by atoms with van der Waals surface area (Å²) in [5.74, 6) is -0.558. The van der Waals surface area contributed by atoms with Gasteiger partial charge in [0.15, 0.2) is 5.13 Å². The first kappa shape index (κ1) is 21.9. The molecule has 2 N–H and O–H groups in total. The van der Waals surface area contributed by atoms with Crippen molar-refractivity contribution in [2.24, 2.45) is 0 Å². The standard InChI is InChI=1S/C23H24N4O4S/c28-21(25-30)19-8-6-17(7-9-19)10-11-27(23(29)26-12-14-31-15-13-26)22-24-20(16-32-22)18-4-2-1-3-5-18/h1-9,16,30H,10-15H2,(H,25,28). The third-order valence-corrected chi connectivity index (χ3v) is 6.11. The predicted octanol–water partition coefficient (Wildman–Crippen LogP) is 3.43. The highest BCUT2D eigenvalue weighted by molar-refractivity contribution is 7.14. The Bertz CT molecular complexity index is 1050. The lowest BCUT2D eigenvalue weighted by atomic mass is 10.1. The van der Waals surface area contributed by atoms with Crippen LogP contribution in [0.25, 0.3) is 11.3 Å². The van der Waals surface area contributed by atoms with Crippen molar-refractivity contribution < 1.29 is 19.5 Å².